The fourth-order valence-electron chi connectivity index (χ4n) is 2.40. The van der Waals surface area contributed by atoms with Crippen LogP contribution in [-0.2, 0) is 4.79 Å². The molecule has 7 heteroatoms. The van der Waals surface area contributed by atoms with E-state index in [1.54, 1.807) is 18.2 Å². The molecule has 0 aliphatic heterocycles. The van der Waals surface area contributed by atoms with Crippen molar-refractivity contribution in [2.45, 2.75) is 13.8 Å². The highest BCUT2D eigenvalue weighted by Crippen LogP contribution is 2.37. The van der Waals surface area contributed by atoms with E-state index in [0.717, 1.165) is 11.1 Å². The molecule has 2 rings (SSSR count). The van der Waals surface area contributed by atoms with Crippen LogP contribution < -0.4 is 14.8 Å². The molecule has 0 aliphatic carbocycles. The summed E-state index contributed by atoms with van der Waals surface area (Å²) in [5, 5.41) is 20.8. The first-order chi connectivity index (χ1) is 13.4. The number of carbonyl (C=O) groups is 1. The summed E-state index contributed by atoms with van der Waals surface area (Å²) in [6.07, 6.45) is 1.46. The van der Waals surface area contributed by atoms with Crippen molar-refractivity contribution in [2.24, 2.45) is 0 Å². The number of hydrogen-bond donors (Lipinski definition) is 1. The number of rotatable bonds is 6. The lowest BCUT2D eigenvalue weighted by Gasteiger charge is -2.12. The minimum Gasteiger partial charge on any atom is -0.493 e. The van der Waals surface area contributed by atoms with Crippen LogP contribution >= 0.6 is 15.9 Å². The molecule has 6 nitrogen and oxygen atoms in total. The highest BCUT2D eigenvalue weighted by molar-refractivity contribution is 9.10. The van der Waals surface area contributed by atoms with Crippen LogP contribution in [0, 0.1) is 36.5 Å². The molecular formula is C21H18BrN3O3. The number of hydrogen-bond acceptors (Lipinski definition) is 5. The molecule has 0 atom stereocenters. The number of ether oxygens (including phenoxy) is 2. The van der Waals surface area contributed by atoms with Crippen LogP contribution in [0.1, 0.15) is 16.7 Å². The average molecular weight is 440 g/mol. The molecule has 0 bridgehead atoms. The maximum atomic E-state index is 12.5. The fourth-order valence-corrected chi connectivity index (χ4v) is 2.97. The molecule has 2 aromatic rings. The molecule has 28 heavy (non-hydrogen) atoms. The number of carbonyl (C=O) groups excluding carboxylic acids is 1. The van der Waals surface area contributed by atoms with Gasteiger partial charge in [-0.15, -0.1) is 0 Å². The van der Waals surface area contributed by atoms with Crippen LogP contribution in [0.5, 0.6) is 11.5 Å². The molecule has 0 heterocycles. The summed E-state index contributed by atoms with van der Waals surface area (Å²) in [6.45, 7) is 3.80. The van der Waals surface area contributed by atoms with Gasteiger partial charge in [-0.05, 0) is 76.8 Å². The Morgan fingerprint density at radius 2 is 1.96 bits per heavy atom. The summed E-state index contributed by atoms with van der Waals surface area (Å²) in [4.78, 5) is 12.5. The summed E-state index contributed by atoms with van der Waals surface area (Å²) >= 11 is 3.36. The second kappa shape index (κ2) is 9.59. The topological polar surface area (TPSA) is 95.1 Å². The number of aryl methyl sites for hydroxylation is 2. The molecule has 0 radical (unpaired) electrons. The van der Waals surface area contributed by atoms with Gasteiger partial charge >= 0.3 is 0 Å². The van der Waals surface area contributed by atoms with Crippen LogP contribution in [0.25, 0.3) is 6.08 Å². The summed E-state index contributed by atoms with van der Waals surface area (Å²) in [7, 11) is 1.46. The number of halogens is 1. The van der Waals surface area contributed by atoms with Crippen molar-refractivity contribution in [2.75, 3.05) is 19.0 Å². The quantitative estimate of drug-likeness (QED) is 0.526. The van der Waals surface area contributed by atoms with E-state index in [4.69, 9.17) is 14.7 Å². The lowest BCUT2D eigenvalue weighted by molar-refractivity contribution is -0.112. The predicted octanol–water partition coefficient (Wildman–Crippen LogP) is 4.52. The number of anilines is 1. The molecule has 0 aromatic heterocycles. The Hall–Kier alpha value is -3.29. The third-order valence-corrected chi connectivity index (χ3v) is 4.56. The molecule has 142 valence electrons. The SMILES string of the molecule is COc1cc(/C=C(\C#N)C(=O)Nc2ccc(C)c(C)c2)cc(Br)c1OCC#N. The van der Waals surface area contributed by atoms with Gasteiger partial charge in [-0.1, -0.05) is 6.07 Å². The number of benzene rings is 2. The van der Waals surface area contributed by atoms with E-state index in [2.05, 4.69) is 21.2 Å². The maximum Gasteiger partial charge on any atom is 0.266 e. The largest absolute Gasteiger partial charge is 0.493 e. The van der Waals surface area contributed by atoms with Crippen molar-refractivity contribution >= 4 is 33.6 Å². The first-order valence-corrected chi connectivity index (χ1v) is 9.06. The van der Waals surface area contributed by atoms with E-state index < -0.39 is 5.91 Å². The fraction of sp³-hybridized carbons (Fsp3) is 0.190. The van der Waals surface area contributed by atoms with Crippen molar-refractivity contribution in [3.05, 3.63) is 57.1 Å². The van der Waals surface area contributed by atoms with E-state index in [-0.39, 0.29) is 12.2 Å². The summed E-state index contributed by atoms with van der Waals surface area (Å²) < 4.78 is 11.2. The average Bonchev–Trinajstić information content (AvgIpc) is 2.67. The van der Waals surface area contributed by atoms with Crippen molar-refractivity contribution in [1.29, 1.82) is 10.5 Å². The summed E-state index contributed by atoms with van der Waals surface area (Å²) in [5.41, 5.74) is 3.29. The van der Waals surface area contributed by atoms with Gasteiger partial charge in [0, 0.05) is 5.69 Å². The molecule has 0 saturated carbocycles. The number of methoxy groups -OCH3 is 1. The van der Waals surface area contributed by atoms with Gasteiger partial charge in [0.05, 0.1) is 11.6 Å². The molecule has 0 fully saturated rings. The minimum atomic E-state index is -0.509. The third-order valence-electron chi connectivity index (χ3n) is 3.97. The van der Waals surface area contributed by atoms with Crippen molar-refractivity contribution in [1.82, 2.24) is 0 Å². The molecule has 1 N–H and O–H groups in total. The van der Waals surface area contributed by atoms with Gasteiger partial charge in [0.25, 0.3) is 5.91 Å². The third kappa shape index (κ3) is 5.12. The number of nitrogens with zero attached hydrogens (tertiary/aromatic N) is 2. The smallest absolute Gasteiger partial charge is 0.266 e. The second-order valence-electron chi connectivity index (χ2n) is 5.90. The zero-order chi connectivity index (χ0) is 20.7. The Kier molecular flexibility index (Phi) is 7.20. The van der Waals surface area contributed by atoms with Crippen LogP contribution in [-0.4, -0.2) is 19.6 Å². The monoisotopic (exact) mass is 439 g/mol. The summed E-state index contributed by atoms with van der Waals surface area (Å²) in [5.74, 6) is 0.243. The minimum absolute atomic E-state index is 0.0575. The van der Waals surface area contributed by atoms with E-state index in [0.29, 0.717) is 27.2 Å². The van der Waals surface area contributed by atoms with Gasteiger partial charge in [0.15, 0.2) is 18.1 Å². The molecule has 0 spiro atoms. The number of nitrogens with one attached hydrogen (secondary N) is 1. The molecule has 0 aliphatic rings. The van der Waals surface area contributed by atoms with Crippen LogP contribution in [0.15, 0.2) is 40.4 Å². The zero-order valence-electron chi connectivity index (χ0n) is 15.7. The number of amides is 1. The summed E-state index contributed by atoms with van der Waals surface area (Å²) in [6, 6.07) is 12.7. The first-order valence-electron chi connectivity index (χ1n) is 8.27. The van der Waals surface area contributed by atoms with E-state index in [1.165, 1.54) is 13.2 Å². The van der Waals surface area contributed by atoms with Gasteiger partial charge < -0.3 is 14.8 Å². The Labute approximate surface area is 172 Å². The van der Waals surface area contributed by atoms with E-state index in [1.807, 2.05) is 38.1 Å². The molecule has 0 unspecified atom stereocenters. The standard InChI is InChI=1S/C21H18BrN3O3/c1-13-4-5-17(8-14(13)2)25-21(26)16(12-24)9-15-10-18(22)20(28-7-6-23)19(11-15)27-3/h4-5,8-11H,7H2,1-3H3,(H,25,26)/b16-9+. The van der Waals surface area contributed by atoms with Gasteiger partial charge in [-0.2, -0.15) is 10.5 Å². The van der Waals surface area contributed by atoms with Gasteiger partial charge in [0.1, 0.15) is 17.7 Å². The molecule has 2 aromatic carbocycles. The Balaban J connectivity index is 2.31. The van der Waals surface area contributed by atoms with Crippen LogP contribution in [0.3, 0.4) is 0 Å². The Morgan fingerprint density at radius 3 is 2.57 bits per heavy atom. The van der Waals surface area contributed by atoms with Crippen molar-refractivity contribution < 1.29 is 14.3 Å². The molecule has 1 amide bonds. The maximum absolute atomic E-state index is 12.5. The lowest BCUT2D eigenvalue weighted by atomic mass is 10.1. The molecular weight excluding hydrogens is 422 g/mol. The highest BCUT2D eigenvalue weighted by atomic mass is 79.9. The predicted molar refractivity (Wildman–Crippen MR) is 110 cm³/mol. The van der Waals surface area contributed by atoms with Crippen molar-refractivity contribution in [3.8, 4) is 23.6 Å². The van der Waals surface area contributed by atoms with Crippen LogP contribution in [0.4, 0.5) is 5.69 Å². The van der Waals surface area contributed by atoms with E-state index in [9.17, 15) is 10.1 Å². The Bertz CT molecular complexity index is 1020. The van der Waals surface area contributed by atoms with Gasteiger partial charge in [-0.3, -0.25) is 4.79 Å². The zero-order valence-corrected chi connectivity index (χ0v) is 17.3. The Morgan fingerprint density at radius 1 is 1.21 bits per heavy atom. The van der Waals surface area contributed by atoms with Gasteiger partial charge in [-0.25, -0.2) is 0 Å². The lowest BCUT2D eigenvalue weighted by Crippen LogP contribution is -2.13. The van der Waals surface area contributed by atoms with E-state index >= 15 is 0 Å². The molecule has 0 saturated heterocycles. The van der Waals surface area contributed by atoms with Crippen molar-refractivity contribution in [3.63, 3.8) is 0 Å². The normalized spacial score (nSPS) is 10.6. The van der Waals surface area contributed by atoms with Gasteiger partial charge in [0.2, 0.25) is 0 Å². The number of nitriles is 2. The van der Waals surface area contributed by atoms with Crippen LogP contribution in [0.2, 0.25) is 0 Å². The first kappa shape index (κ1) is 21.0. The second-order valence-corrected chi connectivity index (χ2v) is 6.76. The highest BCUT2D eigenvalue weighted by Gasteiger charge is 2.14.